The van der Waals surface area contributed by atoms with Crippen LogP contribution in [-0.4, -0.2) is 39.9 Å². The van der Waals surface area contributed by atoms with Gasteiger partial charge in [0.05, 0.1) is 16.7 Å². The van der Waals surface area contributed by atoms with Crippen LogP contribution in [0.1, 0.15) is 17.1 Å². The Bertz CT molecular complexity index is 5490. The van der Waals surface area contributed by atoms with Gasteiger partial charge in [0.25, 0.3) is 17.2 Å². The van der Waals surface area contributed by atoms with Crippen molar-refractivity contribution < 1.29 is 0 Å². The lowest BCUT2D eigenvalue weighted by Crippen LogP contribution is -2.01. The molecule has 0 aliphatic heterocycles. The quantitative estimate of drug-likeness (QED) is 0.0941. The van der Waals surface area contributed by atoms with E-state index >= 15 is 0 Å². The molecule has 0 aliphatic carbocycles. The minimum atomic E-state index is -0.246. The minimum absolute atomic E-state index is 0.0461. The van der Waals surface area contributed by atoms with Crippen molar-refractivity contribution in [3.63, 3.8) is 0 Å². The summed E-state index contributed by atoms with van der Waals surface area (Å²) in [6.45, 7) is 23.3. The molecule has 11 aromatic carbocycles. The average Bonchev–Trinajstić information content (AvgIpc) is 0.867. The number of nitrogens with zero attached hydrogens (tertiary/aromatic N) is 13. The van der Waals surface area contributed by atoms with Crippen molar-refractivity contribution in [3.8, 4) is 56.6 Å². The fourth-order valence-corrected chi connectivity index (χ4v) is 11.8. The first-order valence-electron chi connectivity index (χ1n) is 28.2. The average molecular weight is 1140 g/mol. The van der Waals surface area contributed by atoms with E-state index < -0.39 is 0 Å². The molecule has 0 saturated carbocycles. The van der Waals surface area contributed by atoms with E-state index in [2.05, 4.69) is 261 Å². The van der Waals surface area contributed by atoms with Crippen LogP contribution in [-0.2, 0) is 0 Å². The van der Waals surface area contributed by atoms with Crippen LogP contribution >= 0.6 is 0 Å². The molecule has 5 heterocycles. The molecule has 0 unspecified atom stereocenters. The van der Waals surface area contributed by atoms with Gasteiger partial charge in [-0.15, -0.1) is 15.0 Å². The lowest BCUT2D eigenvalue weighted by atomic mass is 9.85. The summed E-state index contributed by atoms with van der Waals surface area (Å²) in [7, 11) is 0. The zero-order valence-electron chi connectivity index (χ0n) is 47.3. The first-order valence-corrected chi connectivity index (χ1v) is 28.2. The fourth-order valence-electron chi connectivity index (χ4n) is 11.8. The molecule has 16 aromatic rings. The summed E-state index contributed by atoms with van der Waals surface area (Å²) in [6.07, 6.45) is 3.75. The van der Waals surface area contributed by atoms with Gasteiger partial charge in [-0.1, -0.05) is 214 Å². The van der Waals surface area contributed by atoms with E-state index in [1.54, 1.807) is 6.92 Å². The lowest BCUT2D eigenvalue weighted by molar-refractivity contribution is 1.14. The standard InChI is InChI=1S/C34H22.C24H16N2.C18H3N11/c1-3-11-25-21-27(19-17-23(25)9-1)33-29-13-5-7-15-31(29)34(32-16-8-6-14-30(32)33)28-20-18-24-10-2-4-12-26(24)22-28;1-3-7-17(8-4-1)19-13-15-25-23-21(19)11-12-22-20(14-16-26-24(22)23)18-9-5-2-6-10-18;1-7-8(5-19)25-11-10(24-7)12-13(27-16(21-2)9(6-20)26-12)15-14(11)28-17(22-3)18(23-4)29-15/h1-22H;1-16H;1H3. The third-order valence-electron chi connectivity index (χ3n) is 15.8. The minimum Gasteiger partial charge on any atom is -0.370 e. The van der Waals surface area contributed by atoms with Gasteiger partial charge in [-0.05, 0) is 119 Å². The van der Waals surface area contributed by atoms with E-state index in [0.717, 1.165) is 21.8 Å². The Balaban J connectivity index is 0.000000118. The van der Waals surface area contributed by atoms with Crippen LogP contribution in [0, 0.1) is 49.3 Å². The number of rotatable bonds is 4. The highest BCUT2D eigenvalue weighted by molar-refractivity contribution is 6.23. The summed E-state index contributed by atoms with van der Waals surface area (Å²) in [6, 6.07) is 81.7. The first-order chi connectivity index (χ1) is 43.8. The van der Waals surface area contributed by atoms with Gasteiger partial charge in [0, 0.05) is 23.2 Å². The van der Waals surface area contributed by atoms with Gasteiger partial charge in [0.1, 0.15) is 28.7 Å². The number of benzene rings is 11. The molecule has 13 heteroatoms. The Morgan fingerprint density at radius 3 is 1.09 bits per heavy atom. The van der Waals surface area contributed by atoms with E-state index in [9.17, 15) is 10.5 Å². The highest BCUT2D eigenvalue weighted by Crippen LogP contribution is 2.45. The molecular formula is C76H41N13. The summed E-state index contributed by atoms with van der Waals surface area (Å²) in [5, 5.41) is 31.1. The summed E-state index contributed by atoms with van der Waals surface area (Å²) in [4.78, 5) is 44.4. The van der Waals surface area contributed by atoms with E-state index in [4.69, 9.17) is 19.7 Å². The molecular weight excluding hydrogens is 1090 g/mol. The third kappa shape index (κ3) is 9.53. The third-order valence-corrected chi connectivity index (χ3v) is 15.8. The van der Waals surface area contributed by atoms with Crippen LogP contribution in [0.2, 0.25) is 0 Å². The maximum Gasteiger partial charge on any atom is 0.307 e. The van der Waals surface area contributed by atoms with Gasteiger partial charge in [-0.2, -0.15) is 10.5 Å². The van der Waals surface area contributed by atoms with Crippen molar-refractivity contribution in [2.24, 2.45) is 0 Å². The number of fused-ring (bicyclic) bond motifs is 13. The number of aromatic nitrogens is 8. The van der Waals surface area contributed by atoms with E-state index in [1.165, 1.54) is 87.6 Å². The van der Waals surface area contributed by atoms with Crippen molar-refractivity contribution in [3.05, 3.63) is 282 Å². The molecule has 0 spiro atoms. The topological polar surface area (TPSA) is 164 Å². The fraction of sp³-hybridized carbons (Fsp3) is 0.0132. The van der Waals surface area contributed by atoms with Crippen molar-refractivity contribution in [2.45, 2.75) is 6.92 Å². The predicted molar refractivity (Wildman–Crippen MR) is 354 cm³/mol. The maximum atomic E-state index is 9.32. The van der Waals surface area contributed by atoms with Crippen LogP contribution < -0.4 is 0 Å². The molecule has 5 aromatic heterocycles. The predicted octanol–water partition coefficient (Wildman–Crippen LogP) is 19.0. The number of aryl methyl sites for hydroxylation is 1. The monoisotopic (exact) mass is 1140 g/mol. The first kappa shape index (κ1) is 53.7. The number of pyridine rings is 2. The molecule has 0 fully saturated rings. The molecule has 0 atom stereocenters. The molecule has 410 valence electrons. The Morgan fingerprint density at radius 2 is 0.674 bits per heavy atom. The molecule has 0 radical (unpaired) electrons. The van der Waals surface area contributed by atoms with Crippen LogP contribution in [0.5, 0.6) is 0 Å². The molecule has 13 nitrogen and oxygen atoms in total. The normalized spacial score (nSPS) is 10.9. The van der Waals surface area contributed by atoms with Crippen LogP contribution in [0.25, 0.3) is 157 Å². The van der Waals surface area contributed by atoms with Crippen molar-refractivity contribution in [1.82, 2.24) is 39.9 Å². The highest BCUT2D eigenvalue weighted by atomic mass is 15.0. The second-order valence-corrected chi connectivity index (χ2v) is 20.8. The van der Waals surface area contributed by atoms with E-state index in [-0.39, 0.29) is 61.9 Å². The van der Waals surface area contributed by atoms with Gasteiger partial charge in [-0.25, -0.2) is 15.0 Å². The largest absolute Gasteiger partial charge is 0.370 e. The second-order valence-electron chi connectivity index (χ2n) is 20.8. The zero-order chi connectivity index (χ0) is 60.5. The van der Waals surface area contributed by atoms with Gasteiger partial charge < -0.3 is 14.5 Å². The van der Waals surface area contributed by atoms with Crippen LogP contribution in [0.15, 0.2) is 231 Å². The van der Waals surface area contributed by atoms with Crippen LogP contribution in [0.4, 0.5) is 17.5 Å². The van der Waals surface area contributed by atoms with Crippen LogP contribution in [0.3, 0.4) is 0 Å². The van der Waals surface area contributed by atoms with Crippen molar-refractivity contribution in [1.29, 1.82) is 10.5 Å². The van der Waals surface area contributed by atoms with Crippen molar-refractivity contribution >= 4 is 115 Å². The van der Waals surface area contributed by atoms with Gasteiger partial charge >= 0.3 is 5.82 Å². The highest BCUT2D eigenvalue weighted by Gasteiger charge is 2.28. The molecule has 16 rings (SSSR count). The number of nitriles is 2. The molecule has 89 heavy (non-hydrogen) atoms. The SMILES string of the molecule is [C-]#[N+]c1nc2c(nc1C#N)c1nc(C)c(C#N)nc1c1nc([N+]#[C-])c([N+]#[C-])nc21.c1ccc(-c2ccnc3c2ccc2c(-c4ccccc4)ccnc23)cc1.c1ccc2cc(-c3c4ccccc4c(-c4ccc5ccccc5c4)c4ccccc34)ccc2c1. The second kappa shape index (κ2) is 22.7. The molecule has 0 bridgehead atoms. The molecule has 0 aliphatic rings. The van der Waals surface area contributed by atoms with E-state index in [1.807, 2.05) is 36.7 Å². The number of hydrogen-bond donors (Lipinski definition) is 0. The summed E-state index contributed by atoms with van der Waals surface area (Å²) in [5.74, 6) is -0.718. The number of hydrogen-bond acceptors (Lipinski definition) is 10. The Morgan fingerprint density at radius 1 is 0.315 bits per heavy atom. The van der Waals surface area contributed by atoms with Gasteiger partial charge in [-0.3, -0.25) is 9.97 Å². The Kier molecular flexibility index (Phi) is 13.7. The Labute approximate surface area is 508 Å². The molecule has 0 amide bonds. The van der Waals surface area contributed by atoms with Crippen molar-refractivity contribution in [2.75, 3.05) is 0 Å². The zero-order valence-corrected chi connectivity index (χ0v) is 47.3. The summed E-state index contributed by atoms with van der Waals surface area (Å²) >= 11 is 0. The lowest BCUT2D eigenvalue weighted by Gasteiger charge is -2.18. The van der Waals surface area contributed by atoms with Gasteiger partial charge in [0.2, 0.25) is 11.0 Å². The Hall–Kier alpha value is -13.3. The smallest absolute Gasteiger partial charge is 0.307 e. The maximum absolute atomic E-state index is 9.32. The van der Waals surface area contributed by atoms with E-state index in [0.29, 0.717) is 5.69 Å². The van der Waals surface area contributed by atoms with Gasteiger partial charge in [0.15, 0.2) is 11.4 Å². The molecule has 0 N–H and O–H groups in total. The molecule has 0 saturated heterocycles. The summed E-state index contributed by atoms with van der Waals surface area (Å²) < 4.78 is 0. The summed E-state index contributed by atoms with van der Waals surface area (Å²) in [5.41, 5.74) is 12.7.